The fourth-order valence-corrected chi connectivity index (χ4v) is 7.61. The van der Waals surface area contributed by atoms with Crippen molar-refractivity contribution in [1.82, 2.24) is 0 Å². The van der Waals surface area contributed by atoms with E-state index in [2.05, 4.69) is 62.5 Å². The van der Waals surface area contributed by atoms with E-state index in [4.69, 9.17) is 23.6 Å². The van der Waals surface area contributed by atoms with Crippen LogP contribution in [0.2, 0.25) is 0 Å². The van der Waals surface area contributed by atoms with Gasteiger partial charge in [0.05, 0.1) is 26.4 Å². The van der Waals surface area contributed by atoms with Gasteiger partial charge in [0.15, 0.2) is 0 Å². The first-order chi connectivity index (χ1) is 29.3. The summed E-state index contributed by atoms with van der Waals surface area (Å²) in [5, 5.41) is 18.4. The third-order valence-electron chi connectivity index (χ3n) is 10.5. The Kier molecular flexibility index (Phi) is 45.7. The van der Waals surface area contributed by atoms with Crippen molar-refractivity contribution in [3.63, 3.8) is 0 Å². The molecule has 0 aromatic carbocycles. The smallest absolute Gasteiger partial charge is 0.457 e. The molecule has 0 bridgehead atoms. The van der Waals surface area contributed by atoms with Crippen molar-refractivity contribution in [1.29, 1.82) is 0 Å². The molecule has 0 aliphatic carbocycles. The molecule has 0 aliphatic heterocycles. The summed E-state index contributed by atoms with van der Waals surface area (Å²) in [5.74, 6) is -0.385. The molecule has 3 unspecified atom stereocenters. The van der Waals surface area contributed by atoms with Crippen molar-refractivity contribution < 1.29 is 43.0 Å². The van der Waals surface area contributed by atoms with Crippen LogP contribution < -0.4 is 0 Å². The highest BCUT2D eigenvalue weighted by Gasteiger charge is 2.26. The number of esters is 1. The predicted molar refractivity (Wildman–Crippen MR) is 251 cm³/mol. The largest absolute Gasteiger partial charge is 0.472 e. The molecule has 0 spiro atoms. The highest BCUT2D eigenvalue weighted by atomic mass is 31.2. The van der Waals surface area contributed by atoms with E-state index >= 15 is 0 Å². The van der Waals surface area contributed by atoms with Crippen LogP contribution in [0.25, 0.3) is 0 Å². The Morgan fingerprint density at radius 2 is 0.950 bits per heavy atom. The summed E-state index contributed by atoms with van der Waals surface area (Å²) >= 11 is 0. The molecule has 0 aromatic rings. The molecule has 3 N–H and O–H groups in total. The van der Waals surface area contributed by atoms with E-state index in [1.54, 1.807) is 0 Å². The van der Waals surface area contributed by atoms with Crippen molar-refractivity contribution >= 4 is 13.8 Å². The van der Waals surface area contributed by atoms with Gasteiger partial charge in [0.1, 0.15) is 12.2 Å². The molecule has 0 amide bonds. The normalized spacial score (nSPS) is 14.3. The lowest BCUT2D eigenvalue weighted by Crippen LogP contribution is -2.29. The molecule has 0 aromatic heterocycles. The molecular weight excluding hydrogens is 776 g/mol. The summed E-state index contributed by atoms with van der Waals surface area (Å²) in [7, 11) is -4.52. The molecule has 3 atom stereocenters. The minimum atomic E-state index is -4.52. The van der Waals surface area contributed by atoms with Gasteiger partial charge in [-0.15, -0.1) is 0 Å². The van der Waals surface area contributed by atoms with Crippen molar-refractivity contribution in [3.05, 3.63) is 48.6 Å². The van der Waals surface area contributed by atoms with E-state index in [0.29, 0.717) is 6.61 Å². The van der Waals surface area contributed by atoms with Crippen LogP contribution in [0.4, 0.5) is 0 Å². The standard InChI is InChI=1S/C50H93O9P/c1-3-5-7-9-11-13-15-17-19-21-22-23-24-25-26-27-28-30-32-34-36-38-40-42-50(53)59-49(47-58-60(54,55)57-45-48(52)44-51)46-56-43-41-39-37-35-33-31-29-20-18-16-14-12-10-8-6-4-2/h5,7,11,13,17,19,22-23,48-49,51-52H,3-4,6,8-10,12,14-16,18,20-21,24-47H2,1-2H3,(H,54,55)/b7-5-,13-11-,19-17-,23-22-. The van der Waals surface area contributed by atoms with Gasteiger partial charge in [0, 0.05) is 13.0 Å². The number of hydrogen-bond donors (Lipinski definition) is 3. The summed E-state index contributed by atoms with van der Waals surface area (Å²) in [4.78, 5) is 22.7. The molecule has 0 heterocycles. The Balaban J connectivity index is 4.08. The summed E-state index contributed by atoms with van der Waals surface area (Å²) in [6, 6.07) is 0. The fourth-order valence-electron chi connectivity index (χ4n) is 6.82. The lowest BCUT2D eigenvalue weighted by molar-refractivity contribution is -0.154. The van der Waals surface area contributed by atoms with E-state index < -0.39 is 33.2 Å². The summed E-state index contributed by atoms with van der Waals surface area (Å²) in [6.45, 7) is 3.44. The van der Waals surface area contributed by atoms with Crippen molar-refractivity contribution in [2.45, 2.75) is 232 Å². The number of aliphatic hydroxyl groups excluding tert-OH is 2. The summed E-state index contributed by atoms with van der Waals surface area (Å²) in [5.41, 5.74) is 0. The van der Waals surface area contributed by atoms with Crippen LogP contribution in [0.3, 0.4) is 0 Å². The molecule has 0 rings (SSSR count). The number of hydrogen-bond acceptors (Lipinski definition) is 8. The first kappa shape index (κ1) is 58.4. The minimum Gasteiger partial charge on any atom is -0.457 e. The highest BCUT2D eigenvalue weighted by molar-refractivity contribution is 7.47. The SMILES string of the molecule is CC/C=C\C/C=C\C/C=C\C/C=C\CCCCCCCCCCCCC(=O)OC(COCCCCCCCCCCCCCCCCCC)COP(=O)(O)OCC(O)CO. The van der Waals surface area contributed by atoms with Gasteiger partial charge in [0.2, 0.25) is 0 Å². The maximum atomic E-state index is 12.7. The second-order valence-corrected chi connectivity index (χ2v) is 17.9. The van der Waals surface area contributed by atoms with E-state index in [9.17, 15) is 19.4 Å². The van der Waals surface area contributed by atoms with Gasteiger partial charge in [-0.25, -0.2) is 4.57 Å². The molecule has 9 nitrogen and oxygen atoms in total. The van der Waals surface area contributed by atoms with Crippen molar-refractivity contribution in [2.24, 2.45) is 0 Å². The number of unbranched alkanes of at least 4 members (excludes halogenated alkanes) is 25. The Morgan fingerprint density at radius 1 is 0.533 bits per heavy atom. The molecule has 352 valence electrons. The lowest BCUT2D eigenvalue weighted by Gasteiger charge is -2.20. The van der Waals surface area contributed by atoms with Crippen LogP contribution >= 0.6 is 7.82 Å². The summed E-state index contributed by atoms with van der Waals surface area (Å²) in [6.07, 6.45) is 53.5. The van der Waals surface area contributed by atoms with E-state index in [0.717, 1.165) is 70.6 Å². The Bertz CT molecular complexity index is 1080. The van der Waals surface area contributed by atoms with Gasteiger partial charge in [-0.2, -0.15) is 0 Å². The number of aliphatic hydroxyl groups is 2. The monoisotopic (exact) mass is 869 g/mol. The van der Waals surface area contributed by atoms with E-state index in [1.165, 1.54) is 128 Å². The molecule has 10 heteroatoms. The average molecular weight is 869 g/mol. The highest BCUT2D eigenvalue weighted by Crippen LogP contribution is 2.43. The Hall–Kier alpha value is -1.58. The van der Waals surface area contributed by atoms with Gasteiger partial charge >= 0.3 is 13.8 Å². The predicted octanol–water partition coefficient (Wildman–Crippen LogP) is 14.1. The Morgan fingerprint density at radius 3 is 1.43 bits per heavy atom. The third-order valence-corrected chi connectivity index (χ3v) is 11.5. The van der Waals surface area contributed by atoms with Crippen molar-refractivity contribution in [2.75, 3.05) is 33.0 Å². The molecule has 60 heavy (non-hydrogen) atoms. The second kappa shape index (κ2) is 46.9. The average Bonchev–Trinajstić information content (AvgIpc) is 3.24. The van der Waals surface area contributed by atoms with Gasteiger partial charge in [-0.3, -0.25) is 13.8 Å². The summed E-state index contributed by atoms with van der Waals surface area (Å²) < 4.78 is 33.5. The van der Waals surface area contributed by atoms with Crippen LogP contribution in [0, 0.1) is 0 Å². The quantitative estimate of drug-likeness (QED) is 0.0237. The zero-order chi connectivity index (χ0) is 43.9. The number of rotatable bonds is 47. The fraction of sp³-hybridized carbons (Fsp3) is 0.820. The molecule has 0 fully saturated rings. The molecule has 0 aliphatic rings. The van der Waals surface area contributed by atoms with E-state index in [-0.39, 0.29) is 25.6 Å². The number of carbonyl (C=O) groups is 1. The van der Waals surface area contributed by atoms with Gasteiger partial charge in [-0.1, -0.05) is 210 Å². The molecular formula is C50H93O9P. The topological polar surface area (TPSA) is 132 Å². The first-order valence-corrected chi connectivity index (χ1v) is 26.1. The van der Waals surface area contributed by atoms with Crippen molar-refractivity contribution in [3.8, 4) is 0 Å². The number of phosphoric acid groups is 1. The van der Waals surface area contributed by atoms with Crippen LogP contribution in [-0.4, -0.2) is 66.3 Å². The first-order valence-electron chi connectivity index (χ1n) is 24.6. The number of ether oxygens (including phenoxy) is 2. The number of allylic oxidation sites excluding steroid dienone is 8. The third kappa shape index (κ3) is 45.9. The molecule has 0 radical (unpaired) electrons. The number of phosphoric ester groups is 1. The molecule has 0 saturated carbocycles. The maximum absolute atomic E-state index is 12.7. The zero-order valence-corrected chi connectivity index (χ0v) is 39.6. The zero-order valence-electron chi connectivity index (χ0n) is 38.7. The second-order valence-electron chi connectivity index (χ2n) is 16.5. The van der Waals surface area contributed by atoms with Crippen LogP contribution in [0.5, 0.6) is 0 Å². The maximum Gasteiger partial charge on any atom is 0.472 e. The number of carbonyl (C=O) groups excluding carboxylic acids is 1. The van der Waals surface area contributed by atoms with Crippen LogP contribution in [0.1, 0.15) is 219 Å². The van der Waals surface area contributed by atoms with Gasteiger partial charge < -0.3 is 24.6 Å². The van der Waals surface area contributed by atoms with E-state index in [1.807, 2.05) is 0 Å². The molecule has 0 saturated heterocycles. The Labute approximate surface area is 368 Å². The minimum absolute atomic E-state index is 0.0498. The van der Waals surface area contributed by atoms with Crippen LogP contribution in [0.15, 0.2) is 48.6 Å². The lowest BCUT2D eigenvalue weighted by atomic mass is 10.0. The van der Waals surface area contributed by atoms with Gasteiger partial charge in [0.25, 0.3) is 0 Å². The van der Waals surface area contributed by atoms with Crippen LogP contribution in [-0.2, 0) is 27.9 Å². The van der Waals surface area contributed by atoms with Gasteiger partial charge in [-0.05, 0) is 51.4 Å².